The second-order valence-electron chi connectivity index (χ2n) is 14.1. The van der Waals surface area contributed by atoms with Gasteiger partial charge in [0.25, 0.3) is 6.47 Å². The maximum atomic E-state index is 12.9. The van der Waals surface area contributed by atoms with E-state index in [1.807, 2.05) is 32.0 Å². The quantitative estimate of drug-likeness (QED) is 0.0611. The van der Waals surface area contributed by atoms with E-state index in [1.54, 1.807) is 57.5 Å². The van der Waals surface area contributed by atoms with Crippen molar-refractivity contribution in [2.45, 2.75) is 134 Å². The Balaban J connectivity index is 0.00000301. The number of methoxy groups -OCH3 is 1. The average molecular weight is 733 g/mol. The van der Waals surface area contributed by atoms with Crippen LogP contribution in [0.1, 0.15) is 79.8 Å². The SMILES string of the molecule is CC[C@H](OC)[C@@H](C)[C@H]1O[C@@H]1C(NCCc1ccccn1)C(C)(O)/C=C/C=C(\C)C1OC(=O)C[C@H](O)CC[C@@](C)(O)[C@@H](OC(C)=O)/C=C/[C@@H]1C.O=CO. The molecule has 1 saturated heterocycles. The van der Waals surface area contributed by atoms with Crippen LogP contribution < -0.4 is 5.32 Å². The molecule has 0 aliphatic carbocycles. The van der Waals surface area contributed by atoms with Gasteiger partial charge in [0.15, 0.2) is 0 Å². The van der Waals surface area contributed by atoms with Gasteiger partial charge < -0.3 is 44.7 Å². The van der Waals surface area contributed by atoms with E-state index in [0.717, 1.165) is 12.1 Å². The fraction of sp³-hybridized carbons (Fsp3) is 0.641. The van der Waals surface area contributed by atoms with Crippen LogP contribution in [0.2, 0.25) is 0 Å². The predicted octanol–water partition coefficient (Wildman–Crippen LogP) is 3.70. The van der Waals surface area contributed by atoms with E-state index in [0.29, 0.717) is 18.5 Å². The number of allylic oxidation sites excluding steroid dienone is 2. The van der Waals surface area contributed by atoms with Gasteiger partial charge in [-0.2, -0.15) is 0 Å². The molecule has 2 aliphatic rings. The summed E-state index contributed by atoms with van der Waals surface area (Å²) in [5.74, 6) is -1.36. The molecule has 0 amide bonds. The molecule has 11 atom stereocenters. The molecule has 0 bridgehead atoms. The molecule has 0 radical (unpaired) electrons. The van der Waals surface area contributed by atoms with Gasteiger partial charge in [-0.05, 0) is 63.8 Å². The highest BCUT2D eigenvalue weighted by atomic mass is 16.6. The first-order valence-electron chi connectivity index (χ1n) is 17.9. The van der Waals surface area contributed by atoms with Gasteiger partial charge >= 0.3 is 11.9 Å². The average Bonchev–Trinajstić information content (AvgIpc) is 3.87. The Morgan fingerprint density at radius 2 is 1.94 bits per heavy atom. The summed E-state index contributed by atoms with van der Waals surface area (Å²) in [6.45, 7) is 12.8. The number of cyclic esters (lactones) is 1. The molecule has 13 nitrogen and oxygen atoms in total. The normalized spacial score (nSPS) is 30.5. The molecule has 1 aromatic heterocycles. The highest BCUT2D eigenvalue weighted by Gasteiger charge is 2.54. The van der Waals surface area contributed by atoms with Crippen molar-refractivity contribution in [2.75, 3.05) is 13.7 Å². The molecule has 13 heteroatoms. The molecular formula is C39H60N2O11. The van der Waals surface area contributed by atoms with Crippen molar-refractivity contribution in [1.82, 2.24) is 10.3 Å². The van der Waals surface area contributed by atoms with Crippen molar-refractivity contribution < 1.29 is 53.8 Å². The van der Waals surface area contributed by atoms with Crippen LogP contribution in [0, 0.1) is 11.8 Å². The zero-order valence-corrected chi connectivity index (χ0v) is 31.8. The second kappa shape index (κ2) is 21.3. The highest BCUT2D eigenvalue weighted by molar-refractivity contribution is 5.70. The fourth-order valence-corrected chi connectivity index (χ4v) is 6.57. The Bertz CT molecular complexity index is 1340. The van der Waals surface area contributed by atoms with Gasteiger partial charge in [-0.15, -0.1) is 0 Å². The number of hydrogen-bond acceptors (Lipinski definition) is 12. The molecule has 3 unspecified atom stereocenters. The Kier molecular flexibility index (Phi) is 18.3. The van der Waals surface area contributed by atoms with E-state index in [2.05, 4.69) is 24.1 Å². The van der Waals surface area contributed by atoms with Gasteiger partial charge in [-0.25, -0.2) is 0 Å². The van der Waals surface area contributed by atoms with Crippen molar-refractivity contribution in [2.24, 2.45) is 11.8 Å². The van der Waals surface area contributed by atoms with Gasteiger partial charge in [0.2, 0.25) is 0 Å². The number of esters is 2. The highest BCUT2D eigenvalue weighted by Crippen LogP contribution is 2.39. The van der Waals surface area contributed by atoms with Crippen LogP contribution >= 0.6 is 0 Å². The summed E-state index contributed by atoms with van der Waals surface area (Å²) in [6, 6.07) is 5.36. The zero-order chi connectivity index (χ0) is 39.1. The number of hydrogen-bond donors (Lipinski definition) is 5. The molecule has 1 aromatic rings. The molecule has 3 heterocycles. The number of epoxide rings is 1. The Hall–Kier alpha value is -3.46. The van der Waals surface area contributed by atoms with Crippen LogP contribution in [0.3, 0.4) is 0 Å². The number of rotatable bonds is 14. The molecule has 3 rings (SSSR count). The maximum Gasteiger partial charge on any atom is 0.309 e. The lowest BCUT2D eigenvalue weighted by Crippen LogP contribution is -2.52. The van der Waals surface area contributed by atoms with Crippen molar-refractivity contribution in [3.8, 4) is 0 Å². The monoisotopic (exact) mass is 732 g/mol. The van der Waals surface area contributed by atoms with E-state index in [9.17, 15) is 24.9 Å². The molecule has 1 fully saturated rings. The van der Waals surface area contributed by atoms with Gasteiger partial charge in [0.05, 0.1) is 36.4 Å². The minimum atomic E-state index is -1.45. The first-order chi connectivity index (χ1) is 24.5. The summed E-state index contributed by atoms with van der Waals surface area (Å²) < 4.78 is 23.1. The number of ether oxygens (including phenoxy) is 4. The number of nitrogens with zero attached hydrogens (tertiary/aromatic N) is 1. The molecule has 292 valence electrons. The topological polar surface area (TPSA) is 197 Å². The van der Waals surface area contributed by atoms with Gasteiger partial charge in [-0.3, -0.25) is 19.4 Å². The van der Waals surface area contributed by atoms with E-state index >= 15 is 0 Å². The summed E-state index contributed by atoms with van der Waals surface area (Å²) in [4.78, 5) is 37.5. The second-order valence-corrected chi connectivity index (χ2v) is 14.1. The molecule has 0 aromatic carbocycles. The Morgan fingerprint density at radius 3 is 2.54 bits per heavy atom. The van der Waals surface area contributed by atoms with E-state index in [-0.39, 0.29) is 55.9 Å². The summed E-state index contributed by atoms with van der Waals surface area (Å²) >= 11 is 0. The van der Waals surface area contributed by atoms with Gasteiger partial charge in [0, 0.05) is 50.7 Å². The summed E-state index contributed by atoms with van der Waals surface area (Å²) in [7, 11) is 1.71. The third-order valence-electron chi connectivity index (χ3n) is 9.66. The summed E-state index contributed by atoms with van der Waals surface area (Å²) in [6.07, 6.45) is 8.89. The number of aromatic nitrogens is 1. The minimum Gasteiger partial charge on any atom is -0.483 e. The van der Waals surface area contributed by atoms with Crippen molar-refractivity contribution in [1.29, 1.82) is 0 Å². The summed E-state index contributed by atoms with van der Waals surface area (Å²) in [5, 5.41) is 43.8. The molecule has 2 aliphatic heterocycles. The Labute approximate surface area is 308 Å². The Morgan fingerprint density at radius 1 is 1.25 bits per heavy atom. The smallest absolute Gasteiger partial charge is 0.309 e. The molecular weight excluding hydrogens is 672 g/mol. The number of carbonyl (C=O) groups excluding carboxylic acids is 2. The van der Waals surface area contributed by atoms with Crippen molar-refractivity contribution in [3.63, 3.8) is 0 Å². The lowest BCUT2D eigenvalue weighted by atomic mass is 9.87. The van der Waals surface area contributed by atoms with Crippen molar-refractivity contribution >= 4 is 18.4 Å². The molecule has 5 N–H and O–H groups in total. The van der Waals surface area contributed by atoms with Crippen LogP contribution in [-0.4, -0.2) is 111 Å². The summed E-state index contributed by atoms with van der Waals surface area (Å²) in [5.41, 5.74) is -1.14. The van der Waals surface area contributed by atoms with E-state index in [1.165, 1.54) is 6.92 Å². The number of nitrogens with one attached hydrogen (secondary N) is 1. The van der Waals surface area contributed by atoms with Crippen molar-refractivity contribution in [3.05, 3.63) is 66.0 Å². The van der Waals surface area contributed by atoms with Gasteiger partial charge in [-0.1, -0.05) is 51.1 Å². The fourth-order valence-electron chi connectivity index (χ4n) is 6.57. The molecule has 0 saturated carbocycles. The predicted molar refractivity (Wildman–Crippen MR) is 195 cm³/mol. The molecule has 0 spiro atoms. The third-order valence-corrected chi connectivity index (χ3v) is 9.66. The first kappa shape index (κ1) is 44.7. The minimum absolute atomic E-state index is 0.0384. The maximum absolute atomic E-state index is 12.9. The van der Waals surface area contributed by atoms with Crippen LogP contribution in [-0.2, 0) is 39.8 Å². The van der Waals surface area contributed by atoms with Crippen LogP contribution in [0.4, 0.5) is 0 Å². The molecule has 52 heavy (non-hydrogen) atoms. The number of aliphatic hydroxyl groups is 3. The van der Waals surface area contributed by atoms with Crippen LogP contribution in [0.15, 0.2) is 60.3 Å². The lowest BCUT2D eigenvalue weighted by molar-refractivity contribution is -0.157. The lowest BCUT2D eigenvalue weighted by Gasteiger charge is -2.32. The number of pyridine rings is 1. The number of carboxylic acid groups (broad SMARTS) is 1. The standard InChI is InChI=1S/C38H58N2O9.CH2O2/c1-9-30(46-8)26(4)34-35(49-34)36(40-22-18-28-14-10-11-21-39-28)38(7,45)19-12-13-24(2)33-25(3)15-16-31(47-27(5)41)37(6,44)20-17-29(42)23-32(43)48-33;2-1-3/h10-16,19,21,25-26,29-31,33-36,40,42,44-45H,9,17-18,20,22-23H2,1-8H3;1H,(H,2,3)/b16-15+,19-12+,24-13+;/t25-,26+,29+,30-,31-,33?,34+,35-,36?,37+,38?;/m0./s1. The van der Waals surface area contributed by atoms with Gasteiger partial charge in [0.1, 0.15) is 23.9 Å². The largest absolute Gasteiger partial charge is 0.483 e. The van der Waals surface area contributed by atoms with E-state index in [4.69, 9.17) is 28.8 Å². The third kappa shape index (κ3) is 14.2. The van der Waals surface area contributed by atoms with Crippen LogP contribution in [0.25, 0.3) is 0 Å². The number of aliphatic hydroxyl groups excluding tert-OH is 1. The number of carbonyl (C=O) groups is 3. The van der Waals surface area contributed by atoms with Crippen LogP contribution in [0.5, 0.6) is 0 Å². The van der Waals surface area contributed by atoms with E-state index < -0.39 is 47.5 Å². The zero-order valence-electron chi connectivity index (χ0n) is 31.8. The first-order valence-corrected chi connectivity index (χ1v) is 17.9.